The van der Waals surface area contributed by atoms with Crippen LogP contribution in [0.3, 0.4) is 0 Å². The Balaban J connectivity index is 2.26. The molecule has 0 radical (unpaired) electrons. The van der Waals surface area contributed by atoms with E-state index in [9.17, 15) is 30.4 Å². The molecule has 3 rings (SSSR count). The summed E-state index contributed by atoms with van der Waals surface area (Å²) < 4.78 is 92.5. The molecule has 28 heavy (non-hydrogen) atoms. The molecule has 3 aromatic rings. The van der Waals surface area contributed by atoms with Gasteiger partial charge in [-0.3, -0.25) is 0 Å². The maximum absolute atomic E-state index is 14.2. The number of aromatic nitrogens is 2. The molecule has 0 aliphatic heterocycles. The summed E-state index contributed by atoms with van der Waals surface area (Å²) in [5.74, 6) is -3.39. The molecule has 148 valence electrons. The van der Waals surface area contributed by atoms with Crippen LogP contribution in [0.15, 0.2) is 41.3 Å². The van der Waals surface area contributed by atoms with Crippen molar-refractivity contribution in [3.8, 4) is 16.9 Å². The second kappa shape index (κ2) is 7.01. The van der Waals surface area contributed by atoms with Crippen molar-refractivity contribution in [2.24, 2.45) is 0 Å². The van der Waals surface area contributed by atoms with Crippen LogP contribution in [0.5, 0.6) is 0 Å². The van der Waals surface area contributed by atoms with Crippen molar-refractivity contribution in [2.75, 3.05) is 6.26 Å². The Kier molecular flexibility index (Phi) is 5.00. The fourth-order valence-corrected chi connectivity index (χ4v) is 3.51. The van der Waals surface area contributed by atoms with Gasteiger partial charge in [-0.25, -0.2) is 35.1 Å². The van der Waals surface area contributed by atoms with Crippen molar-refractivity contribution < 1.29 is 30.4 Å². The number of hydrogen-bond donors (Lipinski definition) is 0. The summed E-state index contributed by atoms with van der Waals surface area (Å²) in [5, 5.41) is 3.64. The molecule has 0 N–H and O–H groups in total. The Morgan fingerprint density at radius 3 is 2.07 bits per heavy atom. The molecular weight excluding hydrogens is 403 g/mol. The van der Waals surface area contributed by atoms with Gasteiger partial charge >= 0.3 is 0 Å². The molecule has 0 saturated heterocycles. The Bertz CT molecular complexity index is 1150. The SMILES string of the molecule is Cc1ccc(-c2cc(C(F)F)nn2-c2cc(F)c(S(C)(=O)=O)c(F)c2)cc1F. The second-order valence-electron chi connectivity index (χ2n) is 6.14. The molecule has 1 aromatic heterocycles. The molecule has 0 amide bonds. The highest BCUT2D eigenvalue weighted by molar-refractivity contribution is 7.90. The highest BCUT2D eigenvalue weighted by atomic mass is 32.2. The monoisotopic (exact) mass is 416 g/mol. The second-order valence-corrected chi connectivity index (χ2v) is 8.09. The van der Waals surface area contributed by atoms with Crippen molar-refractivity contribution in [2.45, 2.75) is 18.2 Å². The molecule has 2 aromatic carbocycles. The van der Waals surface area contributed by atoms with E-state index in [1.54, 1.807) is 0 Å². The van der Waals surface area contributed by atoms with E-state index < -0.39 is 44.3 Å². The molecule has 0 spiro atoms. The van der Waals surface area contributed by atoms with E-state index in [4.69, 9.17) is 0 Å². The van der Waals surface area contributed by atoms with Gasteiger partial charge in [0.25, 0.3) is 6.43 Å². The fraction of sp³-hybridized carbons (Fsp3) is 0.167. The minimum atomic E-state index is -4.19. The summed E-state index contributed by atoms with van der Waals surface area (Å²) in [4.78, 5) is -1.14. The molecule has 10 heteroatoms. The zero-order valence-electron chi connectivity index (χ0n) is 14.6. The van der Waals surface area contributed by atoms with Crippen LogP contribution in [0, 0.1) is 24.4 Å². The van der Waals surface area contributed by atoms with Crippen molar-refractivity contribution in [3.63, 3.8) is 0 Å². The van der Waals surface area contributed by atoms with E-state index in [2.05, 4.69) is 5.10 Å². The van der Waals surface area contributed by atoms with Crippen LogP contribution in [-0.2, 0) is 9.84 Å². The average molecular weight is 416 g/mol. The molecule has 0 atom stereocenters. The van der Waals surface area contributed by atoms with Crippen LogP contribution in [0.25, 0.3) is 16.9 Å². The van der Waals surface area contributed by atoms with Gasteiger partial charge in [-0.2, -0.15) is 5.10 Å². The lowest BCUT2D eigenvalue weighted by Crippen LogP contribution is -2.08. The predicted octanol–water partition coefficient (Wildman–Crippen LogP) is 4.61. The van der Waals surface area contributed by atoms with Crippen molar-refractivity contribution in [1.29, 1.82) is 0 Å². The number of halogens is 5. The summed E-state index contributed by atoms with van der Waals surface area (Å²) in [5.41, 5.74) is -0.594. The van der Waals surface area contributed by atoms with E-state index in [0.29, 0.717) is 24.0 Å². The van der Waals surface area contributed by atoms with E-state index >= 15 is 0 Å². The van der Waals surface area contributed by atoms with E-state index in [1.807, 2.05) is 0 Å². The normalized spacial score (nSPS) is 12.0. The number of hydrogen-bond acceptors (Lipinski definition) is 3. The van der Waals surface area contributed by atoms with Gasteiger partial charge in [0.15, 0.2) is 9.84 Å². The van der Waals surface area contributed by atoms with Gasteiger partial charge in [-0.15, -0.1) is 0 Å². The molecule has 0 unspecified atom stereocenters. The first-order chi connectivity index (χ1) is 13.0. The van der Waals surface area contributed by atoms with Gasteiger partial charge in [-0.05, 0) is 24.6 Å². The zero-order valence-corrected chi connectivity index (χ0v) is 15.4. The van der Waals surface area contributed by atoms with Crippen molar-refractivity contribution in [3.05, 3.63) is 65.1 Å². The number of rotatable bonds is 4. The van der Waals surface area contributed by atoms with Gasteiger partial charge in [-0.1, -0.05) is 12.1 Å². The zero-order chi connectivity index (χ0) is 20.8. The Labute approximate surface area is 157 Å². The Morgan fingerprint density at radius 2 is 1.57 bits per heavy atom. The smallest absolute Gasteiger partial charge is 0.232 e. The molecule has 0 bridgehead atoms. The van der Waals surface area contributed by atoms with Crippen LogP contribution < -0.4 is 0 Å². The third kappa shape index (κ3) is 3.64. The van der Waals surface area contributed by atoms with Crippen LogP contribution in [0.4, 0.5) is 22.0 Å². The van der Waals surface area contributed by atoms with Gasteiger partial charge in [0.1, 0.15) is 28.0 Å². The largest absolute Gasteiger partial charge is 0.282 e. The Hall–Kier alpha value is -2.75. The van der Waals surface area contributed by atoms with Crippen molar-refractivity contribution >= 4 is 9.84 Å². The summed E-state index contributed by atoms with van der Waals surface area (Å²) in [7, 11) is -4.19. The summed E-state index contributed by atoms with van der Waals surface area (Å²) in [6.45, 7) is 1.51. The standard InChI is InChI=1S/C18H13F5N2O2S/c1-9-3-4-10(5-12(9)19)16-8-15(18(22)23)24-25(16)11-6-13(20)17(14(21)7-11)28(2,26)27/h3-8,18H,1-2H3. The van der Waals surface area contributed by atoms with Crippen LogP contribution in [0.2, 0.25) is 0 Å². The summed E-state index contributed by atoms with van der Waals surface area (Å²) in [6, 6.07) is 6.23. The summed E-state index contributed by atoms with van der Waals surface area (Å²) in [6.07, 6.45) is -2.35. The molecule has 0 saturated carbocycles. The minimum absolute atomic E-state index is 0.0416. The minimum Gasteiger partial charge on any atom is -0.232 e. The number of aryl methyl sites for hydroxylation is 1. The topological polar surface area (TPSA) is 52.0 Å². The predicted molar refractivity (Wildman–Crippen MR) is 91.7 cm³/mol. The molecule has 4 nitrogen and oxygen atoms in total. The maximum Gasteiger partial charge on any atom is 0.282 e. The lowest BCUT2D eigenvalue weighted by Gasteiger charge is -2.11. The fourth-order valence-electron chi connectivity index (χ4n) is 2.68. The number of nitrogens with zero attached hydrogens (tertiary/aromatic N) is 2. The maximum atomic E-state index is 14.2. The van der Waals surface area contributed by atoms with Crippen LogP contribution in [0.1, 0.15) is 17.7 Å². The first-order valence-electron chi connectivity index (χ1n) is 7.83. The molecule has 0 aliphatic carbocycles. The average Bonchev–Trinajstić information content (AvgIpc) is 3.01. The highest BCUT2D eigenvalue weighted by Crippen LogP contribution is 2.31. The van der Waals surface area contributed by atoms with Gasteiger partial charge in [0, 0.05) is 24.0 Å². The first kappa shape index (κ1) is 20.0. The molecular formula is C18H13F5N2O2S. The molecule has 0 aliphatic rings. The quantitative estimate of drug-likeness (QED) is 0.584. The summed E-state index contributed by atoms with van der Waals surface area (Å²) >= 11 is 0. The first-order valence-corrected chi connectivity index (χ1v) is 9.72. The van der Waals surface area contributed by atoms with Crippen LogP contribution in [-0.4, -0.2) is 24.5 Å². The van der Waals surface area contributed by atoms with Gasteiger partial charge in [0.2, 0.25) is 0 Å². The molecule has 1 heterocycles. The lowest BCUT2D eigenvalue weighted by molar-refractivity contribution is 0.145. The Morgan fingerprint density at radius 1 is 0.964 bits per heavy atom. The molecule has 0 fully saturated rings. The van der Waals surface area contributed by atoms with Crippen molar-refractivity contribution in [1.82, 2.24) is 9.78 Å². The van der Waals surface area contributed by atoms with Gasteiger partial charge in [0.05, 0.1) is 11.4 Å². The van der Waals surface area contributed by atoms with Gasteiger partial charge < -0.3 is 0 Å². The van der Waals surface area contributed by atoms with E-state index in [1.165, 1.54) is 19.1 Å². The lowest BCUT2D eigenvalue weighted by atomic mass is 10.1. The number of benzene rings is 2. The third-order valence-electron chi connectivity index (χ3n) is 4.02. The third-order valence-corrected chi connectivity index (χ3v) is 5.15. The van der Waals surface area contributed by atoms with E-state index in [0.717, 1.165) is 16.8 Å². The highest BCUT2D eigenvalue weighted by Gasteiger charge is 2.24. The number of sulfone groups is 1. The van der Waals surface area contributed by atoms with E-state index in [-0.39, 0.29) is 16.9 Å². The number of alkyl halides is 2. The van der Waals surface area contributed by atoms with Crippen LogP contribution >= 0.6 is 0 Å².